The van der Waals surface area contributed by atoms with Crippen molar-refractivity contribution in [2.75, 3.05) is 0 Å². The summed E-state index contributed by atoms with van der Waals surface area (Å²) in [6.45, 7) is 9.48. The van der Waals surface area contributed by atoms with Gasteiger partial charge < -0.3 is 9.52 Å². The van der Waals surface area contributed by atoms with E-state index in [2.05, 4.69) is 9.97 Å². The van der Waals surface area contributed by atoms with Gasteiger partial charge in [-0.3, -0.25) is 0 Å². The van der Waals surface area contributed by atoms with E-state index in [-0.39, 0.29) is 11.2 Å². The molecular formula is C13H16N2O3S. The maximum atomic E-state index is 11.3. The SMILES string of the molecule is Cc1nc(C)c(-c2nc(C(C)(C)C)c(C(=O)O)o2)s1. The van der Waals surface area contributed by atoms with Crippen molar-refractivity contribution in [2.24, 2.45) is 0 Å². The predicted molar refractivity (Wildman–Crippen MR) is 72.7 cm³/mol. The number of carboxylic acids is 1. The topological polar surface area (TPSA) is 76.2 Å². The number of hydrogen-bond donors (Lipinski definition) is 1. The minimum atomic E-state index is -1.09. The summed E-state index contributed by atoms with van der Waals surface area (Å²) in [4.78, 5) is 20.7. The number of thiazole rings is 1. The summed E-state index contributed by atoms with van der Waals surface area (Å²) >= 11 is 1.45. The van der Waals surface area contributed by atoms with Gasteiger partial charge in [0.05, 0.1) is 10.7 Å². The first-order valence-corrected chi connectivity index (χ1v) is 6.71. The summed E-state index contributed by atoms with van der Waals surface area (Å²) in [6.07, 6.45) is 0. The minimum absolute atomic E-state index is 0.0899. The summed E-state index contributed by atoms with van der Waals surface area (Å²) in [5.41, 5.74) is 0.880. The third-order valence-electron chi connectivity index (χ3n) is 2.63. The molecule has 0 aliphatic carbocycles. The fourth-order valence-corrected chi connectivity index (χ4v) is 2.65. The lowest BCUT2D eigenvalue weighted by molar-refractivity contribution is 0.0659. The minimum Gasteiger partial charge on any atom is -0.475 e. The molecule has 102 valence electrons. The molecule has 1 N–H and O–H groups in total. The molecular weight excluding hydrogens is 264 g/mol. The number of carbonyl (C=O) groups is 1. The van der Waals surface area contributed by atoms with E-state index in [1.807, 2.05) is 34.6 Å². The van der Waals surface area contributed by atoms with Crippen LogP contribution in [0.5, 0.6) is 0 Å². The molecule has 0 saturated heterocycles. The quantitative estimate of drug-likeness (QED) is 0.912. The van der Waals surface area contributed by atoms with Gasteiger partial charge in [0.25, 0.3) is 0 Å². The normalized spacial score (nSPS) is 11.8. The summed E-state index contributed by atoms with van der Waals surface area (Å²) < 4.78 is 5.44. The Morgan fingerprint density at radius 1 is 1.26 bits per heavy atom. The fraction of sp³-hybridized carbons (Fsp3) is 0.462. The van der Waals surface area contributed by atoms with Gasteiger partial charge in [0.1, 0.15) is 10.6 Å². The van der Waals surface area contributed by atoms with Crippen LogP contribution in [0.25, 0.3) is 10.8 Å². The highest BCUT2D eigenvalue weighted by atomic mass is 32.1. The lowest BCUT2D eigenvalue weighted by Crippen LogP contribution is -2.16. The third kappa shape index (κ3) is 2.53. The molecule has 0 aliphatic heterocycles. The summed E-state index contributed by atoms with van der Waals surface area (Å²) in [5.74, 6) is -0.846. The first kappa shape index (κ1) is 13.7. The predicted octanol–water partition coefficient (Wildman–Crippen LogP) is 3.41. The van der Waals surface area contributed by atoms with E-state index in [0.717, 1.165) is 15.6 Å². The number of carboxylic acid groups (broad SMARTS) is 1. The fourth-order valence-electron chi connectivity index (χ4n) is 1.80. The number of aromatic carboxylic acids is 1. The summed E-state index contributed by atoms with van der Waals surface area (Å²) in [5, 5.41) is 10.1. The van der Waals surface area contributed by atoms with Gasteiger partial charge >= 0.3 is 5.97 Å². The van der Waals surface area contributed by atoms with Crippen molar-refractivity contribution in [1.82, 2.24) is 9.97 Å². The molecule has 0 saturated carbocycles. The molecule has 0 amide bonds. The van der Waals surface area contributed by atoms with Gasteiger partial charge in [-0.25, -0.2) is 14.8 Å². The zero-order valence-corrected chi connectivity index (χ0v) is 12.4. The van der Waals surface area contributed by atoms with Crippen molar-refractivity contribution < 1.29 is 14.3 Å². The summed E-state index contributed by atoms with van der Waals surface area (Å²) in [7, 11) is 0. The average molecular weight is 280 g/mol. The second-order valence-electron chi connectivity index (χ2n) is 5.40. The summed E-state index contributed by atoms with van der Waals surface area (Å²) in [6, 6.07) is 0. The largest absolute Gasteiger partial charge is 0.475 e. The van der Waals surface area contributed by atoms with Crippen LogP contribution >= 0.6 is 11.3 Å². The van der Waals surface area contributed by atoms with Crippen LogP contribution in [0, 0.1) is 13.8 Å². The molecule has 2 rings (SSSR count). The van der Waals surface area contributed by atoms with E-state index in [1.165, 1.54) is 11.3 Å². The van der Waals surface area contributed by atoms with Crippen molar-refractivity contribution in [3.8, 4) is 10.8 Å². The van der Waals surface area contributed by atoms with Crippen LogP contribution in [-0.2, 0) is 5.41 Å². The van der Waals surface area contributed by atoms with Gasteiger partial charge in [-0.1, -0.05) is 20.8 Å². The van der Waals surface area contributed by atoms with Gasteiger partial charge in [-0.05, 0) is 13.8 Å². The molecule has 0 aromatic carbocycles. The molecule has 2 heterocycles. The molecule has 0 atom stereocenters. The number of rotatable bonds is 2. The van der Waals surface area contributed by atoms with Gasteiger partial charge in [0.2, 0.25) is 11.7 Å². The van der Waals surface area contributed by atoms with E-state index in [4.69, 9.17) is 4.42 Å². The monoisotopic (exact) mass is 280 g/mol. The number of aryl methyl sites for hydroxylation is 2. The molecule has 5 nitrogen and oxygen atoms in total. The van der Waals surface area contributed by atoms with E-state index in [9.17, 15) is 9.90 Å². The van der Waals surface area contributed by atoms with E-state index < -0.39 is 5.97 Å². The van der Waals surface area contributed by atoms with Crippen LogP contribution in [0.4, 0.5) is 0 Å². The number of hydrogen-bond acceptors (Lipinski definition) is 5. The molecule has 0 bridgehead atoms. The highest BCUT2D eigenvalue weighted by Crippen LogP contribution is 2.34. The second kappa shape index (κ2) is 4.45. The molecule has 2 aromatic rings. The van der Waals surface area contributed by atoms with Crippen molar-refractivity contribution in [1.29, 1.82) is 0 Å². The average Bonchev–Trinajstić information content (AvgIpc) is 2.80. The molecule has 2 aromatic heterocycles. The maximum absolute atomic E-state index is 11.3. The Morgan fingerprint density at radius 3 is 2.26 bits per heavy atom. The van der Waals surface area contributed by atoms with Gasteiger partial charge in [0.15, 0.2) is 0 Å². The van der Waals surface area contributed by atoms with Gasteiger partial charge in [-0.2, -0.15) is 0 Å². The highest BCUT2D eigenvalue weighted by Gasteiger charge is 2.30. The number of nitrogens with zero attached hydrogens (tertiary/aromatic N) is 2. The Labute approximate surface area is 115 Å². The van der Waals surface area contributed by atoms with Crippen LogP contribution in [0.15, 0.2) is 4.42 Å². The molecule has 0 unspecified atom stereocenters. The van der Waals surface area contributed by atoms with Crippen LogP contribution in [0.1, 0.15) is 47.7 Å². The van der Waals surface area contributed by atoms with E-state index in [0.29, 0.717) is 11.6 Å². The molecule has 0 radical (unpaired) electrons. The second-order valence-corrected chi connectivity index (χ2v) is 6.60. The van der Waals surface area contributed by atoms with Crippen LogP contribution in [-0.4, -0.2) is 21.0 Å². The van der Waals surface area contributed by atoms with Crippen molar-refractivity contribution >= 4 is 17.3 Å². The van der Waals surface area contributed by atoms with E-state index >= 15 is 0 Å². The van der Waals surface area contributed by atoms with Crippen LogP contribution < -0.4 is 0 Å². The lowest BCUT2D eigenvalue weighted by Gasteiger charge is -2.14. The smallest absolute Gasteiger partial charge is 0.373 e. The molecule has 6 heteroatoms. The molecule has 19 heavy (non-hydrogen) atoms. The standard InChI is InChI=1S/C13H16N2O3S/c1-6-9(19-7(2)14-6)11-15-10(13(3,4)5)8(18-11)12(16)17/h1-5H3,(H,16,17). The Kier molecular flexibility index (Phi) is 3.22. The Balaban J connectivity index is 2.61. The lowest BCUT2D eigenvalue weighted by atomic mass is 9.91. The molecule has 0 fully saturated rings. The first-order chi connectivity index (χ1) is 8.70. The van der Waals surface area contributed by atoms with Crippen LogP contribution in [0.3, 0.4) is 0 Å². The maximum Gasteiger partial charge on any atom is 0.373 e. The van der Waals surface area contributed by atoms with Crippen molar-refractivity contribution in [2.45, 2.75) is 40.0 Å². The number of oxazole rings is 1. The van der Waals surface area contributed by atoms with Crippen molar-refractivity contribution in [3.05, 3.63) is 22.2 Å². The molecule has 0 spiro atoms. The van der Waals surface area contributed by atoms with Gasteiger partial charge in [-0.15, -0.1) is 11.3 Å². The third-order valence-corrected chi connectivity index (χ3v) is 3.69. The zero-order valence-electron chi connectivity index (χ0n) is 11.6. The molecule has 0 aliphatic rings. The number of aromatic nitrogens is 2. The first-order valence-electron chi connectivity index (χ1n) is 5.89. The Morgan fingerprint density at radius 2 is 1.89 bits per heavy atom. The van der Waals surface area contributed by atoms with Gasteiger partial charge in [0, 0.05) is 5.41 Å². The Bertz CT molecular complexity index is 635. The van der Waals surface area contributed by atoms with E-state index in [1.54, 1.807) is 0 Å². The highest BCUT2D eigenvalue weighted by molar-refractivity contribution is 7.15. The van der Waals surface area contributed by atoms with Crippen LogP contribution in [0.2, 0.25) is 0 Å². The Hall–Kier alpha value is -1.69. The zero-order chi connectivity index (χ0) is 14.4. The van der Waals surface area contributed by atoms with Crippen molar-refractivity contribution in [3.63, 3.8) is 0 Å².